The Morgan fingerprint density at radius 3 is 2.43 bits per heavy atom. The molecule has 0 heterocycles. The maximum absolute atomic E-state index is 11.4. The molecule has 2 amide bonds. The van der Waals surface area contributed by atoms with Gasteiger partial charge in [-0.05, 0) is 12.1 Å². The molecule has 14 heavy (non-hydrogen) atoms. The number of hydrogen-bond donors (Lipinski definition) is 1. The van der Waals surface area contributed by atoms with Crippen molar-refractivity contribution in [2.24, 2.45) is 0 Å². The molecule has 0 radical (unpaired) electrons. The number of nitrogens with zero attached hydrogens (tertiary/aromatic N) is 1. The fourth-order valence-corrected chi connectivity index (χ4v) is 1.15. The van der Waals surface area contributed by atoms with Crippen LogP contribution in [0, 0.1) is 0 Å². The Balaban J connectivity index is 2.66. The highest BCUT2D eigenvalue weighted by Gasteiger charge is 2.11. The summed E-state index contributed by atoms with van der Waals surface area (Å²) in [4.78, 5) is 11.9. The van der Waals surface area contributed by atoms with Crippen molar-refractivity contribution in [3.8, 4) is 0 Å². The predicted molar refractivity (Wildman–Crippen MR) is 58.9 cm³/mol. The van der Waals surface area contributed by atoms with Crippen LogP contribution in [-0.4, -0.2) is 18.0 Å². The quantitative estimate of drug-likeness (QED) is 0.618. The van der Waals surface area contributed by atoms with Gasteiger partial charge in [0.2, 0.25) is 0 Å². The van der Waals surface area contributed by atoms with E-state index < -0.39 is 4.96 Å². The molecule has 76 valence electrons. The number of hydrogen-bond acceptors (Lipinski definition) is 1. The minimum atomic E-state index is -0.895. The number of para-hydroxylation sites is 1. The predicted octanol–water partition coefficient (Wildman–Crippen LogP) is 2.59. The van der Waals surface area contributed by atoms with Gasteiger partial charge in [0.1, 0.15) is 0 Å². The van der Waals surface area contributed by atoms with E-state index in [1.165, 1.54) is 4.90 Å². The third-order valence-corrected chi connectivity index (χ3v) is 1.90. The first-order valence-electron chi connectivity index (χ1n) is 3.98. The third-order valence-electron chi connectivity index (χ3n) is 1.68. The lowest BCUT2D eigenvalue weighted by molar-refractivity contribution is 0.248. The van der Waals surface area contributed by atoms with Gasteiger partial charge in [-0.3, -0.25) is 4.90 Å². The minimum Gasteiger partial charge on any atom is -0.309 e. The molecule has 0 unspecified atom stereocenters. The highest BCUT2D eigenvalue weighted by molar-refractivity contribution is 6.44. The maximum Gasteiger partial charge on any atom is 0.323 e. The van der Waals surface area contributed by atoms with Gasteiger partial charge < -0.3 is 5.32 Å². The molecule has 0 bridgehead atoms. The number of amides is 2. The van der Waals surface area contributed by atoms with Crippen LogP contribution in [0.15, 0.2) is 30.3 Å². The fourth-order valence-electron chi connectivity index (χ4n) is 0.959. The molecule has 1 aromatic rings. The SMILES string of the molecule is CN(C(=O)NC(Cl)Cl)c1ccccc1. The second-order valence-corrected chi connectivity index (χ2v) is 3.74. The summed E-state index contributed by atoms with van der Waals surface area (Å²) in [6.45, 7) is 0. The van der Waals surface area contributed by atoms with Crippen molar-refractivity contribution in [1.82, 2.24) is 5.32 Å². The van der Waals surface area contributed by atoms with E-state index >= 15 is 0 Å². The number of alkyl halides is 2. The largest absolute Gasteiger partial charge is 0.323 e. The Kier molecular flexibility index (Phi) is 4.04. The molecular formula is C9H10Cl2N2O. The zero-order chi connectivity index (χ0) is 10.6. The molecule has 0 aromatic heterocycles. The summed E-state index contributed by atoms with van der Waals surface area (Å²) < 4.78 is 0. The standard InChI is InChI=1S/C9H10Cl2N2O/c1-13(9(14)12-8(10)11)7-5-3-2-4-6-7/h2-6,8H,1H3,(H,12,14). The highest BCUT2D eigenvalue weighted by Crippen LogP contribution is 2.11. The fraction of sp³-hybridized carbons (Fsp3) is 0.222. The first-order chi connectivity index (χ1) is 6.61. The van der Waals surface area contributed by atoms with Crippen molar-refractivity contribution < 1.29 is 4.79 Å². The third kappa shape index (κ3) is 3.09. The van der Waals surface area contributed by atoms with Crippen molar-refractivity contribution in [2.75, 3.05) is 11.9 Å². The summed E-state index contributed by atoms with van der Waals surface area (Å²) in [6, 6.07) is 8.86. The molecule has 0 aliphatic rings. The van der Waals surface area contributed by atoms with Crippen LogP contribution < -0.4 is 10.2 Å². The van der Waals surface area contributed by atoms with Crippen LogP contribution in [0.25, 0.3) is 0 Å². The summed E-state index contributed by atoms with van der Waals surface area (Å²) in [5.74, 6) is 0. The van der Waals surface area contributed by atoms with Crippen LogP contribution in [0.4, 0.5) is 10.5 Å². The zero-order valence-electron chi connectivity index (χ0n) is 7.58. The summed E-state index contributed by atoms with van der Waals surface area (Å²) >= 11 is 10.8. The summed E-state index contributed by atoms with van der Waals surface area (Å²) in [5, 5.41) is 2.36. The number of rotatable bonds is 2. The minimum absolute atomic E-state index is 0.341. The van der Waals surface area contributed by atoms with Gasteiger partial charge in [-0.25, -0.2) is 4.79 Å². The highest BCUT2D eigenvalue weighted by atomic mass is 35.5. The van der Waals surface area contributed by atoms with E-state index in [0.717, 1.165) is 5.69 Å². The maximum atomic E-state index is 11.4. The molecule has 1 N–H and O–H groups in total. The van der Waals surface area contributed by atoms with Gasteiger partial charge in [0.25, 0.3) is 0 Å². The molecule has 1 rings (SSSR count). The van der Waals surface area contributed by atoms with E-state index in [1.807, 2.05) is 30.3 Å². The van der Waals surface area contributed by atoms with E-state index in [2.05, 4.69) is 5.32 Å². The molecule has 0 aliphatic heterocycles. The molecule has 5 heteroatoms. The van der Waals surface area contributed by atoms with Crippen LogP contribution in [0.5, 0.6) is 0 Å². The van der Waals surface area contributed by atoms with Gasteiger partial charge >= 0.3 is 6.03 Å². The number of benzene rings is 1. The topological polar surface area (TPSA) is 32.3 Å². The van der Waals surface area contributed by atoms with Gasteiger partial charge in [0.15, 0.2) is 4.96 Å². The molecule has 3 nitrogen and oxygen atoms in total. The number of nitrogens with one attached hydrogen (secondary N) is 1. The average Bonchev–Trinajstić information content (AvgIpc) is 2.17. The Morgan fingerprint density at radius 2 is 1.93 bits per heavy atom. The lowest BCUT2D eigenvalue weighted by atomic mass is 10.3. The van der Waals surface area contributed by atoms with Gasteiger partial charge in [-0.15, -0.1) is 0 Å². The van der Waals surface area contributed by atoms with Gasteiger partial charge in [-0.1, -0.05) is 41.4 Å². The van der Waals surface area contributed by atoms with Crippen molar-refractivity contribution in [1.29, 1.82) is 0 Å². The molecule has 0 atom stereocenters. The van der Waals surface area contributed by atoms with Gasteiger partial charge in [0, 0.05) is 12.7 Å². The lowest BCUT2D eigenvalue weighted by Crippen LogP contribution is -2.39. The summed E-state index contributed by atoms with van der Waals surface area (Å²) in [6.07, 6.45) is 0. The Labute approximate surface area is 92.6 Å². The van der Waals surface area contributed by atoms with Crippen LogP contribution >= 0.6 is 23.2 Å². The second kappa shape index (κ2) is 5.08. The Morgan fingerprint density at radius 1 is 1.36 bits per heavy atom. The molecule has 0 spiro atoms. The monoisotopic (exact) mass is 232 g/mol. The Hall–Kier alpha value is -0.930. The van der Waals surface area contributed by atoms with Crippen LogP contribution in [0.3, 0.4) is 0 Å². The van der Waals surface area contributed by atoms with Crippen molar-refractivity contribution >= 4 is 34.9 Å². The molecule has 1 aromatic carbocycles. The molecule has 0 saturated carbocycles. The summed E-state index contributed by atoms with van der Waals surface area (Å²) in [5.41, 5.74) is 0.777. The van der Waals surface area contributed by atoms with Crippen molar-refractivity contribution in [2.45, 2.75) is 4.96 Å². The van der Waals surface area contributed by atoms with Gasteiger partial charge in [0.05, 0.1) is 0 Å². The second-order valence-electron chi connectivity index (χ2n) is 2.64. The first-order valence-corrected chi connectivity index (χ1v) is 4.86. The number of carbonyl (C=O) groups is 1. The van der Waals surface area contributed by atoms with Gasteiger partial charge in [-0.2, -0.15) is 0 Å². The van der Waals surface area contributed by atoms with E-state index in [4.69, 9.17) is 23.2 Å². The molecule has 0 saturated heterocycles. The van der Waals surface area contributed by atoms with E-state index in [9.17, 15) is 4.79 Å². The average molecular weight is 233 g/mol. The van der Waals surface area contributed by atoms with E-state index in [1.54, 1.807) is 7.05 Å². The van der Waals surface area contributed by atoms with Crippen LogP contribution in [-0.2, 0) is 0 Å². The number of carbonyl (C=O) groups excluding carboxylic acids is 1. The van der Waals surface area contributed by atoms with Crippen LogP contribution in [0.1, 0.15) is 0 Å². The number of anilines is 1. The Bertz CT molecular complexity index is 303. The molecule has 0 fully saturated rings. The molecular weight excluding hydrogens is 223 g/mol. The van der Waals surface area contributed by atoms with E-state index in [-0.39, 0.29) is 6.03 Å². The smallest absolute Gasteiger partial charge is 0.309 e. The normalized spacial score (nSPS) is 10.0. The number of urea groups is 1. The summed E-state index contributed by atoms with van der Waals surface area (Å²) in [7, 11) is 1.64. The van der Waals surface area contributed by atoms with Crippen molar-refractivity contribution in [3.05, 3.63) is 30.3 Å². The lowest BCUT2D eigenvalue weighted by Gasteiger charge is -2.18. The van der Waals surface area contributed by atoms with Crippen LogP contribution in [0.2, 0.25) is 0 Å². The van der Waals surface area contributed by atoms with E-state index in [0.29, 0.717) is 0 Å². The van der Waals surface area contributed by atoms with Crippen molar-refractivity contribution in [3.63, 3.8) is 0 Å². The number of halogens is 2. The zero-order valence-corrected chi connectivity index (χ0v) is 9.09. The molecule has 0 aliphatic carbocycles. The first kappa shape index (κ1) is 11.1.